The van der Waals surface area contributed by atoms with Crippen molar-refractivity contribution in [2.45, 2.75) is 95.6 Å². The molecule has 0 rings (SSSR count). The first-order valence-electron chi connectivity index (χ1n) is 9.75. The van der Waals surface area contributed by atoms with Gasteiger partial charge in [-0.05, 0) is 19.3 Å². The molecule has 9 heteroatoms. The molecule has 0 heterocycles. The second-order valence-electron chi connectivity index (χ2n) is 7.05. The molecule has 163 valence electrons. The molecule has 0 fully saturated rings. The van der Waals surface area contributed by atoms with E-state index in [0.717, 1.165) is 57.8 Å². The summed E-state index contributed by atoms with van der Waals surface area (Å²) in [6.07, 6.45) is 2.47. The Kier molecular flexibility index (Phi) is 13.5. The van der Waals surface area contributed by atoms with Crippen LogP contribution < -0.4 is 0 Å². The second-order valence-corrected chi connectivity index (χ2v) is 9.35. The van der Waals surface area contributed by atoms with E-state index < -0.39 is 40.5 Å². The molecule has 1 radical (unpaired) electrons. The highest BCUT2D eigenvalue weighted by atomic mass is 32.2. The summed E-state index contributed by atoms with van der Waals surface area (Å²) < 4.78 is 84.9. The van der Waals surface area contributed by atoms with Crippen molar-refractivity contribution in [3.63, 3.8) is 0 Å². The third kappa shape index (κ3) is 14.2. The lowest BCUT2D eigenvalue weighted by Crippen LogP contribution is -2.36. The molecule has 0 atom stereocenters. The van der Waals surface area contributed by atoms with Gasteiger partial charge in [0.2, 0.25) is 0 Å². The van der Waals surface area contributed by atoms with Gasteiger partial charge in [-0.15, -0.1) is 0 Å². The Morgan fingerprint density at radius 1 is 0.556 bits per heavy atom. The summed E-state index contributed by atoms with van der Waals surface area (Å²) in [6, 6.07) is 0. The molecule has 0 unspecified atom stereocenters. The van der Waals surface area contributed by atoms with Crippen molar-refractivity contribution in [3.05, 3.63) is 0 Å². The van der Waals surface area contributed by atoms with Crippen LogP contribution in [0.3, 0.4) is 0 Å². The highest BCUT2D eigenvalue weighted by Gasteiger charge is 2.56. The number of rotatable bonds is 17. The van der Waals surface area contributed by atoms with Crippen LogP contribution in [0.15, 0.2) is 0 Å². The summed E-state index contributed by atoms with van der Waals surface area (Å²) in [6.45, 7) is -0.00421. The topological polar surface area (TPSA) is 54.0 Å². The summed E-state index contributed by atoms with van der Waals surface area (Å²) in [5.41, 5.74) is 0. The Bertz CT molecular complexity index is 464. The lowest BCUT2D eigenvalue weighted by molar-refractivity contribution is -0.284. The van der Waals surface area contributed by atoms with Crippen molar-refractivity contribution < 1.29 is 35.5 Å². The SMILES string of the molecule is [O]CCCCCCCCCCCCCS(=O)(=O)CCCC(F)(F)C(F)(F)F. The molecule has 0 N–H and O–H groups in total. The fourth-order valence-corrected chi connectivity index (χ4v) is 4.21. The Hall–Kier alpha value is -0.440. The van der Waals surface area contributed by atoms with Gasteiger partial charge in [-0.1, -0.05) is 57.8 Å². The number of unbranched alkanes of at least 4 members (excludes halogenated alkanes) is 10. The summed E-state index contributed by atoms with van der Waals surface area (Å²) >= 11 is 0. The largest absolute Gasteiger partial charge is 0.453 e. The highest BCUT2D eigenvalue weighted by molar-refractivity contribution is 7.91. The molecular weight excluding hydrogens is 391 g/mol. The average molecular weight is 424 g/mol. The predicted molar refractivity (Wildman–Crippen MR) is 95.2 cm³/mol. The van der Waals surface area contributed by atoms with Crippen molar-refractivity contribution in [2.75, 3.05) is 18.1 Å². The Morgan fingerprint density at radius 2 is 0.926 bits per heavy atom. The highest BCUT2D eigenvalue weighted by Crippen LogP contribution is 2.38. The number of alkyl halides is 5. The minimum atomic E-state index is -5.63. The Labute approximate surface area is 159 Å². The van der Waals surface area contributed by atoms with E-state index in [9.17, 15) is 35.5 Å². The van der Waals surface area contributed by atoms with E-state index in [0.29, 0.717) is 12.8 Å². The molecule has 3 nitrogen and oxygen atoms in total. The zero-order chi connectivity index (χ0) is 20.8. The van der Waals surface area contributed by atoms with Gasteiger partial charge in [-0.2, -0.15) is 22.0 Å². The van der Waals surface area contributed by atoms with Crippen LogP contribution in [-0.2, 0) is 14.9 Å². The molecule has 0 bridgehead atoms. The van der Waals surface area contributed by atoms with E-state index in [-0.39, 0.29) is 12.4 Å². The van der Waals surface area contributed by atoms with E-state index in [1.54, 1.807) is 0 Å². The molecule has 0 saturated heterocycles. The first-order chi connectivity index (χ1) is 12.5. The van der Waals surface area contributed by atoms with Crippen LogP contribution >= 0.6 is 0 Å². The minimum Gasteiger partial charge on any atom is -0.237 e. The normalized spacial score (nSPS) is 13.3. The summed E-state index contributed by atoms with van der Waals surface area (Å²) in [7, 11) is -3.58. The van der Waals surface area contributed by atoms with E-state index in [1.807, 2.05) is 0 Å². The van der Waals surface area contributed by atoms with Crippen LogP contribution in [0.1, 0.15) is 83.5 Å². The number of halogens is 5. The van der Waals surface area contributed by atoms with Crippen molar-refractivity contribution >= 4 is 9.84 Å². The van der Waals surface area contributed by atoms with E-state index in [1.165, 1.54) is 0 Å². The van der Waals surface area contributed by atoms with Crippen molar-refractivity contribution in [3.8, 4) is 0 Å². The number of sulfone groups is 1. The maximum atomic E-state index is 12.7. The van der Waals surface area contributed by atoms with Crippen molar-refractivity contribution in [1.82, 2.24) is 0 Å². The lowest BCUT2D eigenvalue weighted by Gasteiger charge is -2.19. The molecule has 27 heavy (non-hydrogen) atoms. The van der Waals surface area contributed by atoms with Gasteiger partial charge in [-0.25, -0.2) is 13.5 Å². The standard InChI is InChI=1S/C18H32F5O3S/c19-17(20,18(21,22)23)13-12-16-27(25,26)15-11-9-7-5-3-1-2-4-6-8-10-14-24/h1-16H2. The van der Waals surface area contributed by atoms with Gasteiger partial charge >= 0.3 is 12.1 Å². The quantitative estimate of drug-likeness (QED) is 0.210. The van der Waals surface area contributed by atoms with Crippen molar-refractivity contribution in [2.24, 2.45) is 0 Å². The zero-order valence-corrected chi connectivity index (χ0v) is 16.7. The number of hydrogen-bond donors (Lipinski definition) is 0. The molecule has 0 aliphatic carbocycles. The first-order valence-corrected chi connectivity index (χ1v) is 11.6. The molecule has 0 aromatic heterocycles. The Balaban J connectivity index is 3.63. The van der Waals surface area contributed by atoms with Crippen LogP contribution in [0.25, 0.3) is 0 Å². The minimum absolute atomic E-state index is 0.00421. The van der Waals surface area contributed by atoms with Crippen LogP contribution in [0.5, 0.6) is 0 Å². The lowest BCUT2D eigenvalue weighted by atomic mass is 10.1. The molecule has 0 aliphatic heterocycles. The van der Waals surface area contributed by atoms with Gasteiger partial charge in [0.25, 0.3) is 0 Å². The van der Waals surface area contributed by atoms with Crippen LogP contribution in [0.2, 0.25) is 0 Å². The smallest absolute Gasteiger partial charge is 0.237 e. The van der Waals surface area contributed by atoms with Crippen LogP contribution in [0, 0.1) is 0 Å². The van der Waals surface area contributed by atoms with E-state index in [2.05, 4.69) is 0 Å². The fourth-order valence-electron chi connectivity index (χ4n) is 2.77. The van der Waals surface area contributed by atoms with E-state index >= 15 is 0 Å². The van der Waals surface area contributed by atoms with Gasteiger partial charge in [0.05, 0.1) is 18.1 Å². The molecule has 0 aliphatic rings. The van der Waals surface area contributed by atoms with Crippen LogP contribution in [-0.4, -0.2) is 38.6 Å². The molecule has 0 aromatic carbocycles. The summed E-state index contributed by atoms with van der Waals surface area (Å²) in [4.78, 5) is 0. The molecular formula is C18H32F5O3S. The van der Waals surface area contributed by atoms with Crippen LogP contribution in [0.4, 0.5) is 22.0 Å². The summed E-state index contributed by atoms with van der Waals surface area (Å²) in [5.74, 6) is -5.63. The van der Waals surface area contributed by atoms with Gasteiger partial charge in [0.1, 0.15) is 9.84 Å². The predicted octanol–water partition coefficient (Wildman–Crippen LogP) is 6.10. The maximum Gasteiger partial charge on any atom is 0.453 e. The van der Waals surface area contributed by atoms with Gasteiger partial charge in [-0.3, -0.25) is 0 Å². The molecule has 0 spiro atoms. The van der Waals surface area contributed by atoms with Gasteiger partial charge in [0, 0.05) is 6.42 Å². The zero-order valence-electron chi connectivity index (χ0n) is 15.8. The molecule has 0 amide bonds. The fraction of sp³-hybridized carbons (Fsp3) is 1.00. The maximum absolute atomic E-state index is 12.7. The second kappa shape index (κ2) is 13.7. The molecule has 0 saturated carbocycles. The monoisotopic (exact) mass is 423 g/mol. The third-order valence-electron chi connectivity index (χ3n) is 4.46. The van der Waals surface area contributed by atoms with Crippen molar-refractivity contribution in [1.29, 1.82) is 0 Å². The van der Waals surface area contributed by atoms with E-state index in [4.69, 9.17) is 0 Å². The first kappa shape index (κ1) is 26.6. The van der Waals surface area contributed by atoms with Gasteiger partial charge in [0.15, 0.2) is 0 Å². The Morgan fingerprint density at radius 3 is 1.33 bits per heavy atom. The third-order valence-corrected chi connectivity index (χ3v) is 6.28. The van der Waals surface area contributed by atoms with Gasteiger partial charge < -0.3 is 0 Å². The summed E-state index contributed by atoms with van der Waals surface area (Å²) in [5, 5.41) is 10.3. The average Bonchev–Trinajstić information content (AvgIpc) is 2.54. The molecule has 0 aromatic rings. The number of hydrogen-bond acceptors (Lipinski definition) is 2.